The minimum absolute atomic E-state index is 0.442. The summed E-state index contributed by atoms with van der Waals surface area (Å²) in [7, 11) is 3.74. The molecule has 1 aliphatic rings. The van der Waals surface area contributed by atoms with Crippen LogP contribution in [0.2, 0.25) is 0 Å². The molecule has 2 aromatic heterocycles. The van der Waals surface area contributed by atoms with E-state index in [1.807, 2.05) is 19.0 Å². The van der Waals surface area contributed by atoms with E-state index in [9.17, 15) is 10.2 Å². The summed E-state index contributed by atoms with van der Waals surface area (Å²) >= 11 is 0. The maximum atomic E-state index is 10.1. The zero-order valence-corrected chi connectivity index (χ0v) is 11.5. The molecule has 20 heavy (non-hydrogen) atoms. The minimum Gasteiger partial charge on any atom is -0.388 e. The van der Waals surface area contributed by atoms with Crippen LogP contribution in [-0.2, 0) is 4.74 Å². The van der Waals surface area contributed by atoms with E-state index < -0.39 is 24.5 Å². The van der Waals surface area contributed by atoms with Crippen LogP contribution in [0.25, 0.3) is 11.2 Å². The van der Waals surface area contributed by atoms with E-state index in [1.54, 1.807) is 17.8 Å². The molecule has 0 unspecified atom stereocenters. The standard InChI is InChI=1S/C12H17N5O3/c1-6-8(18)9(19)12(20-6)17-5-15-7-10(16(2)3)13-4-14-11(7)17/h4-6,8-9,12,18-19H,1-3H3/t6-,8-,9-,12-/m1/s1. The summed E-state index contributed by atoms with van der Waals surface area (Å²) in [6.07, 6.45) is -0.0903. The second-order valence-corrected chi connectivity index (χ2v) is 5.13. The maximum absolute atomic E-state index is 10.1. The van der Waals surface area contributed by atoms with Crippen molar-refractivity contribution in [3.05, 3.63) is 12.7 Å². The molecule has 0 amide bonds. The summed E-state index contributed by atoms with van der Waals surface area (Å²) in [5.74, 6) is 0.690. The van der Waals surface area contributed by atoms with Gasteiger partial charge < -0.3 is 19.8 Å². The molecule has 4 atom stereocenters. The first-order valence-corrected chi connectivity index (χ1v) is 6.37. The fraction of sp³-hybridized carbons (Fsp3) is 0.583. The summed E-state index contributed by atoms with van der Waals surface area (Å²) in [5, 5.41) is 19.9. The van der Waals surface area contributed by atoms with E-state index in [0.717, 1.165) is 0 Å². The van der Waals surface area contributed by atoms with Crippen molar-refractivity contribution in [2.75, 3.05) is 19.0 Å². The number of hydrogen-bond donors (Lipinski definition) is 2. The molecule has 0 saturated carbocycles. The first-order chi connectivity index (χ1) is 9.50. The maximum Gasteiger partial charge on any atom is 0.167 e. The van der Waals surface area contributed by atoms with Crippen LogP contribution in [0, 0.1) is 0 Å². The fourth-order valence-corrected chi connectivity index (χ4v) is 2.41. The van der Waals surface area contributed by atoms with Crippen LogP contribution in [0.3, 0.4) is 0 Å². The number of ether oxygens (including phenoxy) is 1. The van der Waals surface area contributed by atoms with Crippen LogP contribution in [-0.4, -0.2) is 62.1 Å². The van der Waals surface area contributed by atoms with Gasteiger partial charge in [0.2, 0.25) is 0 Å². The van der Waals surface area contributed by atoms with Gasteiger partial charge in [-0.3, -0.25) is 4.57 Å². The van der Waals surface area contributed by atoms with E-state index in [0.29, 0.717) is 17.0 Å². The summed E-state index contributed by atoms with van der Waals surface area (Å²) in [6, 6.07) is 0. The van der Waals surface area contributed by atoms with Crippen LogP contribution >= 0.6 is 0 Å². The Hall–Kier alpha value is -1.77. The Morgan fingerprint density at radius 2 is 1.95 bits per heavy atom. The smallest absolute Gasteiger partial charge is 0.167 e. The SMILES string of the molecule is C[C@H]1O[C@@H](n2cnc3c(N(C)C)ncnc32)[C@H](O)[C@@H]1O. The summed E-state index contributed by atoms with van der Waals surface area (Å²) < 4.78 is 7.21. The molecule has 3 rings (SSSR count). The second kappa shape index (κ2) is 4.65. The highest BCUT2D eigenvalue weighted by molar-refractivity contribution is 5.83. The third-order valence-electron chi connectivity index (χ3n) is 3.51. The van der Waals surface area contributed by atoms with Crippen molar-refractivity contribution in [3.63, 3.8) is 0 Å². The number of fused-ring (bicyclic) bond motifs is 1. The Morgan fingerprint density at radius 1 is 1.20 bits per heavy atom. The van der Waals surface area contributed by atoms with Gasteiger partial charge in [0.25, 0.3) is 0 Å². The monoisotopic (exact) mass is 279 g/mol. The van der Waals surface area contributed by atoms with Crippen molar-refractivity contribution in [2.45, 2.75) is 31.5 Å². The molecule has 1 saturated heterocycles. The van der Waals surface area contributed by atoms with Crippen molar-refractivity contribution in [1.82, 2.24) is 19.5 Å². The number of hydrogen-bond acceptors (Lipinski definition) is 7. The Labute approximate surface area is 115 Å². The third-order valence-corrected chi connectivity index (χ3v) is 3.51. The number of aliphatic hydroxyl groups excluding tert-OH is 2. The zero-order chi connectivity index (χ0) is 14.4. The zero-order valence-electron chi connectivity index (χ0n) is 11.5. The van der Waals surface area contributed by atoms with Crippen molar-refractivity contribution < 1.29 is 14.9 Å². The molecule has 2 aromatic rings. The molecule has 3 heterocycles. The third kappa shape index (κ3) is 1.84. The first kappa shape index (κ1) is 13.2. The van der Waals surface area contributed by atoms with Gasteiger partial charge >= 0.3 is 0 Å². The molecule has 0 radical (unpaired) electrons. The largest absolute Gasteiger partial charge is 0.388 e. The normalized spacial score (nSPS) is 30.1. The number of nitrogens with zero attached hydrogens (tertiary/aromatic N) is 5. The summed E-state index contributed by atoms with van der Waals surface area (Å²) in [6.45, 7) is 1.72. The van der Waals surface area contributed by atoms with Crippen LogP contribution in [0.15, 0.2) is 12.7 Å². The Bertz CT molecular complexity index is 629. The number of imidazole rings is 1. The molecule has 1 fully saturated rings. The van der Waals surface area contributed by atoms with E-state index in [1.165, 1.54) is 6.33 Å². The summed E-state index contributed by atoms with van der Waals surface area (Å²) in [4.78, 5) is 14.5. The predicted molar refractivity (Wildman–Crippen MR) is 71.2 cm³/mol. The van der Waals surface area contributed by atoms with Crippen molar-refractivity contribution in [3.8, 4) is 0 Å². The highest BCUT2D eigenvalue weighted by Gasteiger charge is 2.42. The van der Waals surface area contributed by atoms with Gasteiger partial charge in [0, 0.05) is 14.1 Å². The Kier molecular flexibility index (Phi) is 3.08. The molecule has 0 aliphatic carbocycles. The second-order valence-electron chi connectivity index (χ2n) is 5.13. The minimum atomic E-state index is -1.01. The number of anilines is 1. The Morgan fingerprint density at radius 3 is 2.55 bits per heavy atom. The molecule has 2 N–H and O–H groups in total. The predicted octanol–water partition coefficient (Wildman–Crippen LogP) is -0.469. The van der Waals surface area contributed by atoms with Crippen LogP contribution in [0.5, 0.6) is 0 Å². The highest BCUT2D eigenvalue weighted by Crippen LogP contribution is 2.32. The Balaban J connectivity index is 2.08. The average Bonchev–Trinajstić information content (AvgIpc) is 2.95. The highest BCUT2D eigenvalue weighted by atomic mass is 16.6. The van der Waals surface area contributed by atoms with Gasteiger partial charge in [-0.1, -0.05) is 0 Å². The van der Waals surface area contributed by atoms with E-state index in [4.69, 9.17) is 4.74 Å². The number of aliphatic hydroxyl groups is 2. The average molecular weight is 279 g/mol. The van der Waals surface area contributed by atoms with Gasteiger partial charge in [0.1, 0.15) is 18.5 Å². The van der Waals surface area contributed by atoms with E-state index in [2.05, 4.69) is 15.0 Å². The van der Waals surface area contributed by atoms with Crippen molar-refractivity contribution in [2.24, 2.45) is 0 Å². The molecule has 8 heteroatoms. The van der Waals surface area contributed by atoms with Gasteiger partial charge in [0.05, 0.1) is 12.4 Å². The molecule has 0 aromatic carbocycles. The molecule has 0 spiro atoms. The molecule has 0 bridgehead atoms. The van der Waals surface area contributed by atoms with E-state index >= 15 is 0 Å². The van der Waals surface area contributed by atoms with Gasteiger partial charge in [-0.05, 0) is 6.92 Å². The first-order valence-electron chi connectivity index (χ1n) is 6.37. The number of aromatic nitrogens is 4. The summed E-state index contributed by atoms with van der Waals surface area (Å²) in [5.41, 5.74) is 1.19. The molecule has 108 valence electrons. The number of rotatable bonds is 2. The van der Waals surface area contributed by atoms with Gasteiger partial charge in [-0.25, -0.2) is 15.0 Å². The van der Waals surface area contributed by atoms with Gasteiger partial charge in [-0.15, -0.1) is 0 Å². The van der Waals surface area contributed by atoms with Gasteiger partial charge in [-0.2, -0.15) is 0 Å². The van der Waals surface area contributed by atoms with Crippen molar-refractivity contribution >= 4 is 17.0 Å². The molecular weight excluding hydrogens is 262 g/mol. The quantitative estimate of drug-likeness (QED) is 0.767. The van der Waals surface area contributed by atoms with Crippen LogP contribution in [0.4, 0.5) is 5.82 Å². The lowest BCUT2D eigenvalue weighted by Crippen LogP contribution is -2.30. The molecule has 1 aliphatic heterocycles. The molecule has 8 nitrogen and oxygen atoms in total. The molecular formula is C12H17N5O3. The lowest BCUT2D eigenvalue weighted by atomic mass is 10.1. The fourth-order valence-electron chi connectivity index (χ4n) is 2.41. The van der Waals surface area contributed by atoms with E-state index in [-0.39, 0.29) is 0 Å². The van der Waals surface area contributed by atoms with Crippen LogP contribution < -0.4 is 4.90 Å². The lowest BCUT2D eigenvalue weighted by Gasteiger charge is -2.17. The van der Waals surface area contributed by atoms with Crippen molar-refractivity contribution in [1.29, 1.82) is 0 Å². The lowest BCUT2D eigenvalue weighted by molar-refractivity contribution is -0.0299. The topological polar surface area (TPSA) is 96.5 Å². The van der Waals surface area contributed by atoms with Crippen LogP contribution in [0.1, 0.15) is 13.2 Å². The van der Waals surface area contributed by atoms with Gasteiger partial charge in [0.15, 0.2) is 23.2 Å².